The molecular formula is C23H22ClFO3. The van der Waals surface area contributed by atoms with Crippen molar-refractivity contribution in [1.82, 2.24) is 0 Å². The molecule has 0 amide bonds. The van der Waals surface area contributed by atoms with E-state index < -0.39 is 11.9 Å². The highest BCUT2D eigenvalue weighted by atomic mass is 35.5. The van der Waals surface area contributed by atoms with Gasteiger partial charge in [0.15, 0.2) is 0 Å². The highest BCUT2D eigenvalue weighted by Crippen LogP contribution is 2.33. The van der Waals surface area contributed by atoms with Crippen molar-refractivity contribution in [3.8, 4) is 17.2 Å². The Bertz CT molecular complexity index is 941. The maximum Gasteiger partial charge on any atom is 0.129 e. The molecule has 0 saturated carbocycles. The van der Waals surface area contributed by atoms with E-state index in [4.69, 9.17) is 21.1 Å². The summed E-state index contributed by atoms with van der Waals surface area (Å²) in [5, 5.41) is 11.5. The molecule has 5 heteroatoms. The smallest absolute Gasteiger partial charge is 0.129 e. The number of hydrogen-bond donors (Lipinski definition) is 1. The van der Waals surface area contributed by atoms with Crippen molar-refractivity contribution < 1.29 is 19.0 Å². The summed E-state index contributed by atoms with van der Waals surface area (Å²) < 4.78 is 25.4. The number of hydrogen-bond acceptors (Lipinski definition) is 3. The fourth-order valence-corrected chi connectivity index (χ4v) is 3.19. The molecule has 0 aromatic heterocycles. The average molecular weight is 401 g/mol. The zero-order chi connectivity index (χ0) is 20.1. The average Bonchev–Trinajstić information content (AvgIpc) is 2.70. The van der Waals surface area contributed by atoms with E-state index in [0.717, 1.165) is 18.4 Å². The van der Waals surface area contributed by atoms with Gasteiger partial charge in [0.25, 0.3) is 0 Å². The first-order valence-corrected chi connectivity index (χ1v) is 9.47. The minimum absolute atomic E-state index is 0.183. The summed E-state index contributed by atoms with van der Waals surface area (Å²) in [6.45, 7) is 2.05. The van der Waals surface area contributed by atoms with Gasteiger partial charge in [-0.2, -0.15) is 0 Å². The van der Waals surface area contributed by atoms with E-state index >= 15 is 0 Å². The van der Waals surface area contributed by atoms with E-state index in [1.54, 1.807) is 36.4 Å². The number of rotatable bonds is 7. The lowest BCUT2D eigenvalue weighted by atomic mass is 9.94. The van der Waals surface area contributed by atoms with Gasteiger partial charge in [-0.3, -0.25) is 0 Å². The Kier molecular flexibility index (Phi) is 6.55. The van der Waals surface area contributed by atoms with Gasteiger partial charge in [-0.05, 0) is 72.1 Å². The molecule has 0 aliphatic rings. The largest absolute Gasteiger partial charge is 0.497 e. The topological polar surface area (TPSA) is 38.7 Å². The number of ether oxygens (including phenoxy) is 2. The van der Waals surface area contributed by atoms with Crippen molar-refractivity contribution >= 4 is 11.6 Å². The monoisotopic (exact) mass is 400 g/mol. The molecule has 0 aliphatic heterocycles. The third-order valence-corrected chi connectivity index (χ3v) is 4.73. The number of aryl methyl sites for hydroxylation is 1. The molecule has 3 aromatic rings. The molecule has 0 fully saturated rings. The third-order valence-electron chi connectivity index (χ3n) is 4.48. The first kappa shape index (κ1) is 20.2. The SMILES string of the molecule is CCCc1cc(Oc2ccc(Cl)cc2)ccc1C(O)c1cc(OC)ccc1F. The standard InChI is InChI=1S/C23H22ClFO3/c1-3-4-15-13-19(28-17-7-5-16(24)6-8-17)9-11-20(15)23(26)21-14-18(27-2)10-12-22(21)25/h5-14,23,26H,3-4H2,1-2H3. The molecule has 0 heterocycles. The van der Waals surface area contributed by atoms with Crippen LogP contribution in [0.25, 0.3) is 0 Å². The Balaban J connectivity index is 1.93. The minimum atomic E-state index is -1.10. The van der Waals surface area contributed by atoms with Crippen LogP contribution in [0.3, 0.4) is 0 Å². The molecule has 3 nitrogen and oxygen atoms in total. The highest BCUT2D eigenvalue weighted by Gasteiger charge is 2.19. The zero-order valence-electron chi connectivity index (χ0n) is 15.8. The van der Waals surface area contributed by atoms with Crippen LogP contribution in [0.2, 0.25) is 5.02 Å². The van der Waals surface area contributed by atoms with Crippen LogP contribution in [-0.4, -0.2) is 12.2 Å². The second kappa shape index (κ2) is 9.09. The first-order chi connectivity index (χ1) is 13.5. The number of methoxy groups -OCH3 is 1. The second-order valence-corrected chi connectivity index (χ2v) is 6.89. The molecular weight excluding hydrogens is 379 g/mol. The summed E-state index contributed by atoms with van der Waals surface area (Å²) in [6, 6.07) is 16.9. The Morgan fingerprint density at radius 2 is 1.61 bits per heavy atom. The Labute approximate surface area is 169 Å². The summed E-state index contributed by atoms with van der Waals surface area (Å²) in [4.78, 5) is 0. The highest BCUT2D eigenvalue weighted by molar-refractivity contribution is 6.30. The van der Waals surface area contributed by atoms with Gasteiger partial charge in [-0.25, -0.2) is 4.39 Å². The molecule has 0 saturated heterocycles. The minimum Gasteiger partial charge on any atom is -0.497 e. The van der Waals surface area contributed by atoms with E-state index in [1.807, 2.05) is 6.07 Å². The molecule has 1 unspecified atom stereocenters. The van der Waals surface area contributed by atoms with Gasteiger partial charge >= 0.3 is 0 Å². The van der Waals surface area contributed by atoms with E-state index in [-0.39, 0.29) is 5.56 Å². The summed E-state index contributed by atoms with van der Waals surface area (Å²) >= 11 is 5.91. The van der Waals surface area contributed by atoms with Crippen LogP contribution in [0.1, 0.15) is 36.1 Å². The van der Waals surface area contributed by atoms with Gasteiger partial charge in [0.05, 0.1) is 7.11 Å². The summed E-state index contributed by atoms with van der Waals surface area (Å²) in [5.74, 6) is 1.33. The fraction of sp³-hybridized carbons (Fsp3) is 0.217. The lowest BCUT2D eigenvalue weighted by Crippen LogP contribution is -2.07. The van der Waals surface area contributed by atoms with Crippen molar-refractivity contribution in [3.63, 3.8) is 0 Å². The quantitative estimate of drug-likeness (QED) is 0.504. The Morgan fingerprint density at radius 3 is 2.29 bits per heavy atom. The Hall–Kier alpha value is -2.56. The van der Waals surface area contributed by atoms with Crippen LogP contribution >= 0.6 is 11.6 Å². The molecule has 0 spiro atoms. The third kappa shape index (κ3) is 4.64. The van der Waals surface area contributed by atoms with Crippen molar-refractivity contribution in [3.05, 3.63) is 88.2 Å². The Morgan fingerprint density at radius 1 is 0.929 bits per heavy atom. The second-order valence-electron chi connectivity index (χ2n) is 6.46. The van der Waals surface area contributed by atoms with Crippen molar-refractivity contribution in [2.24, 2.45) is 0 Å². The van der Waals surface area contributed by atoms with Crippen LogP contribution in [0.15, 0.2) is 60.7 Å². The first-order valence-electron chi connectivity index (χ1n) is 9.09. The predicted octanol–water partition coefficient (Wildman–Crippen LogP) is 6.31. The predicted molar refractivity (Wildman–Crippen MR) is 109 cm³/mol. The number of halogens is 2. The van der Waals surface area contributed by atoms with Crippen molar-refractivity contribution in [2.45, 2.75) is 25.9 Å². The molecule has 0 aliphatic carbocycles. The maximum atomic E-state index is 14.3. The molecule has 0 radical (unpaired) electrons. The van der Waals surface area contributed by atoms with Crippen LogP contribution in [-0.2, 0) is 6.42 Å². The molecule has 28 heavy (non-hydrogen) atoms. The lowest BCUT2D eigenvalue weighted by Gasteiger charge is -2.18. The van der Waals surface area contributed by atoms with E-state index in [0.29, 0.717) is 27.8 Å². The summed E-state index contributed by atoms with van der Waals surface area (Å²) in [5.41, 5.74) is 1.74. The number of benzene rings is 3. The van der Waals surface area contributed by atoms with Gasteiger partial charge in [0.1, 0.15) is 29.2 Å². The van der Waals surface area contributed by atoms with Gasteiger partial charge in [0.2, 0.25) is 0 Å². The molecule has 3 rings (SSSR count). The van der Waals surface area contributed by atoms with Crippen LogP contribution in [0.5, 0.6) is 17.2 Å². The van der Waals surface area contributed by atoms with Gasteiger partial charge < -0.3 is 14.6 Å². The maximum absolute atomic E-state index is 14.3. The van der Waals surface area contributed by atoms with Crippen LogP contribution in [0.4, 0.5) is 4.39 Å². The molecule has 3 aromatic carbocycles. The van der Waals surface area contributed by atoms with E-state index in [9.17, 15) is 9.50 Å². The summed E-state index contributed by atoms with van der Waals surface area (Å²) in [7, 11) is 1.51. The van der Waals surface area contributed by atoms with Crippen molar-refractivity contribution in [2.75, 3.05) is 7.11 Å². The fourth-order valence-electron chi connectivity index (χ4n) is 3.06. The summed E-state index contributed by atoms with van der Waals surface area (Å²) in [6.07, 6.45) is 0.516. The van der Waals surface area contributed by atoms with Gasteiger partial charge in [0, 0.05) is 10.6 Å². The van der Waals surface area contributed by atoms with Crippen molar-refractivity contribution in [1.29, 1.82) is 0 Å². The zero-order valence-corrected chi connectivity index (χ0v) is 16.5. The van der Waals surface area contributed by atoms with Gasteiger partial charge in [-0.1, -0.05) is 31.0 Å². The molecule has 146 valence electrons. The lowest BCUT2D eigenvalue weighted by molar-refractivity contribution is 0.213. The van der Waals surface area contributed by atoms with Gasteiger partial charge in [-0.15, -0.1) is 0 Å². The number of aliphatic hydroxyl groups is 1. The number of aliphatic hydroxyl groups excluding tert-OH is 1. The molecule has 1 atom stereocenters. The molecule has 1 N–H and O–H groups in total. The van der Waals surface area contributed by atoms with Crippen LogP contribution < -0.4 is 9.47 Å². The van der Waals surface area contributed by atoms with Crippen LogP contribution in [0, 0.1) is 5.82 Å². The van der Waals surface area contributed by atoms with E-state index in [1.165, 1.54) is 25.3 Å². The normalized spacial score (nSPS) is 11.9. The molecule has 0 bridgehead atoms. The van der Waals surface area contributed by atoms with E-state index in [2.05, 4.69) is 6.92 Å².